The monoisotopic (exact) mass is 232 g/mol. The van der Waals surface area contributed by atoms with Gasteiger partial charge in [0.1, 0.15) is 5.75 Å². The van der Waals surface area contributed by atoms with E-state index >= 15 is 0 Å². The summed E-state index contributed by atoms with van der Waals surface area (Å²) in [5.41, 5.74) is 1.90. The van der Waals surface area contributed by atoms with Crippen LogP contribution in [0.25, 0.3) is 11.1 Å². The second-order valence-electron chi connectivity index (χ2n) is 3.44. The van der Waals surface area contributed by atoms with Crippen LogP contribution in [-0.4, -0.2) is 27.9 Å². The van der Waals surface area contributed by atoms with Gasteiger partial charge < -0.3 is 9.84 Å². The van der Waals surface area contributed by atoms with Gasteiger partial charge in [-0.1, -0.05) is 0 Å². The third kappa shape index (κ3) is 2.28. The van der Waals surface area contributed by atoms with Crippen molar-refractivity contribution in [2.45, 2.75) is 6.92 Å². The molecule has 0 bridgehead atoms. The number of aromatic nitrogens is 2. The molecule has 5 nitrogen and oxygen atoms in total. The maximum atomic E-state index is 10.9. The van der Waals surface area contributed by atoms with E-state index in [9.17, 15) is 4.79 Å². The van der Waals surface area contributed by atoms with Crippen LogP contribution in [0.5, 0.6) is 5.75 Å². The van der Waals surface area contributed by atoms with Gasteiger partial charge in [-0.15, -0.1) is 0 Å². The first-order valence-electron chi connectivity index (χ1n) is 5.21. The molecule has 0 spiro atoms. The molecule has 1 aromatic heterocycles. The van der Waals surface area contributed by atoms with Crippen LogP contribution in [0.2, 0.25) is 0 Å². The molecular formula is C12H12N2O3. The highest BCUT2D eigenvalue weighted by Gasteiger charge is 2.11. The maximum absolute atomic E-state index is 10.9. The zero-order valence-electron chi connectivity index (χ0n) is 9.30. The summed E-state index contributed by atoms with van der Waals surface area (Å²) in [6.07, 6.45) is 3.40. The number of carboxylic acid groups (broad SMARTS) is 1. The van der Waals surface area contributed by atoms with E-state index in [2.05, 4.69) is 10.2 Å². The lowest BCUT2D eigenvalue weighted by Gasteiger charge is -2.09. The molecule has 2 aromatic rings. The molecule has 0 aliphatic rings. The number of nitrogens with one attached hydrogen (secondary N) is 1. The van der Waals surface area contributed by atoms with E-state index in [0.717, 1.165) is 11.1 Å². The molecule has 1 aromatic carbocycles. The van der Waals surface area contributed by atoms with Gasteiger partial charge in [-0.05, 0) is 25.1 Å². The highest BCUT2D eigenvalue weighted by Crippen LogP contribution is 2.30. The predicted octanol–water partition coefficient (Wildman–Crippen LogP) is 2.17. The molecule has 2 N–H and O–H groups in total. The number of rotatable bonds is 4. The average Bonchev–Trinajstić information content (AvgIpc) is 2.82. The summed E-state index contributed by atoms with van der Waals surface area (Å²) < 4.78 is 5.45. The summed E-state index contributed by atoms with van der Waals surface area (Å²) in [6, 6.07) is 4.79. The second-order valence-corrected chi connectivity index (χ2v) is 3.44. The fraction of sp³-hybridized carbons (Fsp3) is 0.167. The van der Waals surface area contributed by atoms with Crippen LogP contribution in [0, 0.1) is 0 Å². The van der Waals surface area contributed by atoms with E-state index in [1.165, 1.54) is 6.07 Å². The van der Waals surface area contributed by atoms with Crippen LogP contribution in [0.3, 0.4) is 0 Å². The zero-order valence-corrected chi connectivity index (χ0v) is 9.30. The van der Waals surface area contributed by atoms with Crippen molar-refractivity contribution in [3.8, 4) is 16.9 Å². The minimum Gasteiger partial charge on any atom is -0.493 e. The van der Waals surface area contributed by atoms with Gasteiger partial charge in [0.2, 0.25) is 0 Å². The van der Waals surface area contributed by atoms with Gasteiger partial charge in [-0.25, -0.2) is 4.79 Å². The van der Waals surface area contributed by atoms with Crippen LogP contribution in [0.1, 0.15) is 17.3 Å². The first kappa shape index (κ1) is 11.2. The van der Waals surface area contributed by atoms with Crippen molar-refractivity contribution >= 4 is 5.97 Å². The van der Waals surface area contributed by atoms with Gasteiger partial charge in [0.15, 0.2) is 0 Å². The summed E-state index contributed by atoms with van der Waals surface area (Å²) in [5.74, 6) is -0.418. The highest BCUT2D eigenvalue weighted by molar-refractivity contribution is 5.89. The Morgan fingerprint density at radius 1 is 1.53 bits per heavy atom. The smallest absolute Gasteiger partial charge is 0.335 e. The molecule has 0 fully saturated rings. The molecule has 0 unspecified atom stereocenters. The van der Waals surface area contributed by atoms with Crippen molar-refractivity contribution in [2.24, 2.45) is 0 Å². The van der Waals surface area contributed by atoms with Crippen molar-refractivity contribution in [1.82, 2.24) is 10.2 Å². The van der Waals surface area contributed by atoms with Crippen molar-refractivity contribution in [2.75, 3.05) is 6.61 Å². The highest BCUT2D eigenvalue weighted by atomic mass is 16.5. The van der Waals surface area contributed by atoms with Crippen molar-refractivity contribution in [3.63, 3.8) is 0 Å². The molecule has 0 radical (unpaired) electrons. The molecule has 2 rings (SSSR count). The molecule has 17 heavy (non-hydrogen) atoms. The maximum Gasteiger partial charge on any atom is 0.335 e. The number of aromatic amines is 1. The average molecular weight is 232 g/mol. The molecule has 0 atom stereocenters. The SMILES string of the molecule is CCOc1cc(C(=O)O)ccc1-c1cn[nH]c1. The number of hydrogen-bond acceptors (Lipinski definition) is 3. The Balaban J connectivity index is 2.48. The Labute approximate surface area is 98.0 Å². The predicted molar refractivity (Wildman–Crippen MR) is 62.2 cm³/mol. The van der Waals surface area contributed by atoms with Gasteiger partial charge in [0.25, 0.3) is 0 Å². The van der Waals surface area contributed by atoms with Crippen LogP contribution in [0.4, 0.5) is 0 Å². The third-order valence-corrected chi connectivity index (χ3v) is 2.34. The molecule has 0 aliphatic carbocycles. The molecule has 88 valence electrons. The number of hydrogen-bond donors (Lipinski definition) is 2. The zero-order chi connectivity index (χ0) is 12.3. The lowest BCUT2D eigenvalue weighted by molar-refractivity contribution is 0.0696. The molecular weight excluding hydrogens is 220 g/mol. The van der Waals surface area contributed by atoms with E-state index in [-0.39, 0.29) is 5.56 Å². The Hall–Kier alpha value is -2.30. The van der Waals surface area contributed by atoms with Gasteiger partial charge in [-0.2, -0.15) is 5.10 Å². The fourth-order valence-electron chi connectivity index (χ4n) is 1.57. The number of H-pyrrole nitrogens is 1. The van der Waals surface area contributed by atoms with E-state index in [4.69, 9.17) is 9.84 Å². The van der Waals surface area contributed by atoms with E-state index in [1.54, 1.807) is 24.5 Å². The number of nitrogens with zero attached hydrogens (tertiary/aromatic N) is 1. The van der Waals surface area contributed by atoms with Gasteiger partial charge in [0.05, 0.1) is 18.4 Å². The molecule has 5 heteroatoms. The van der Waals surface area contributed by atoms with Crippen molar-refractivity contribution in [1.29, 1.82) is 0 Å². The van der Waals surface area contributed by atoms with Crippen LogP contribution < -0.4 is 4.74 Å². The van der Waals surface area contributed by atoms with Gasteiger partial charge >= 0.3 is 5.97 Å². The Morgan fingerprint density at radius 3 is 2.94 bits per heavy atom. The number of ether oxygens (including phenoxy) is 1. The summed E-state index contributed by atoms with van der Waals surface area (Å²) in [6.45, 7) is 2.33. The number of aromatic carboxylic acids is 1. The number of carboxylic acids is 1. The topological polar surface area (TPSA) is 75.2 Å². The first-order chi connectivity index (χ1) is 8.22. The van der Waals surface area contributed by atoms with Crippen LogP contribution in [-0.2, 0) is 0 Å². The summed E-state index contributed by atoms with van der Waals surface area (Å²) in [5, 5.41) is 15.5. The summed E-state index contributed by atoms with van der Waals surface area (Å²) in [7, 11) is 0. The van der Waals surface area contributed by atoms with Gasteiger partial charge in [-0.3, -0.25) is 5.10 Å². The van der Waals surface area contributed by atoms with Gasteiger partial charge in [0, 0.05) is 17.3 Å². The first-order valence-corrected chi connectivity index (χ1v) is 5.21. The van der Waals surface area contributed by atoms with E-state index < -0.39 is 5.97 Å². The van der Waals surface area contributed by atoms with Crippen molar-refractivity contribution in [3.05, 3.63) is 36.2 Å². The molecule has 1 heterocycles. The lowest BCUT2D eigenvalue weighted by Crippen LogP contribution is -1.99. The summed E-state index contributed by atoms with van der Waals surface area (Å²) in [4.78, 5) is 10.9. The quantitative estimate of drug-likeness (QED) is 0.847. The minimum absolute atomic E-state index is 0.209. The fourth-order valence-corrected chi connectivity index (χ4v) is 1.57. The Morgan fingerprint density at radius 2 is 2.35 bits per heavy atom. The number of benzene rings is 1. The molecule has 0 saturated carbocycles. The standard InChI is InChI=1S/C12H12N2O3/c1-2-17-11-5-8(12(15)16)3-4-10(11)9-6-13-14-7-9/h3-7H,2H2,1H3,(H,13,14)(H,15,16). The normalized spacial score (nSPS) is 10.2. The number of carbonyl (C=O) groups is 1. The van der Waals surface area contributed by atoms with Crippen molar-refractivity contribution < 1.29 is 14.6 Å². The van der Waals surface area contributed by atoms with Crippen LogP contribution in [0.15, 0.2) is 30.6 Å². The molecule has 0 saturated heterocycles. The Bertz CT molecular complexity index is 521. The summed E-state index contributed by atoms with van der Waals surface area (Å²) >= 11 is 0. The molecule has 0 amide bonds. The lowest BCUT2D eigenvalue weighted by atomic mass is 10.1. The minimum atomic E-state index is -0.968. The van der Waals surface area contributed by atoms with Crippen LogP contribution >= 0.6 is 0 Å². The largest absolute Gasteiger partial charge is 0.493 e. The third-order valence-electron chi connectivity index (χ3n) is 2.34. The van der Waals surface area contributed by atoms with E-state index in [0.29, 0.717) is 12.4 Å². The Kier molecular flexibility index (Phi) is 3.09. The molecule has 0 aliphatic heterocycles. The second kappa shape index (κ2) is 4.69. The van der Waals surface area contributed by atoms with E-state index in [1.807, 2.05) is 6.92 Å².